The van der Waals surface area contributed by atoms with Crippen LogP contribution in [0.25, 0.3) is 22.4 Å². The number of rotatable bonds is 4. The van der Waals surface area contributed by atoms with Gasteiger partial charge in [0.1, 0.15) is 11.6 Å². The molecule has 3 aromatic rings. The molecule has 4 rings (SSSR count). The Morgan fingerprint density at radius 2 is 1.96 bits per heavy atom. The Morgan fingerprint density at radius 1 is 1.18 bits per heavy atom. The van der Waals surface area contributed by atoms with Crippen molar-refractivity contribution in [3.8, 4) is 11.4 Å². The van der Waals surface area contributed by atoms with Crippen LogP contribution in [-0.2, 0) is 16.6 Å². The van der Waals surface area contributed by atoms with Crippen LogP contribution in [0.1, 0.15) is 13.3 Å². The van der Waals surface area contributed by atoms with Gasteiger partial charge in [-0.15, -0.1) is 12.4 Å². The predicted octanol–water partition coefficient (Wildman–Crippen LogP) is 3.17. The van der Waals surface area contributed by atoms with Crippen LogP contribution in [0.3, 0.4) is 0 Å². The van der Waals surface area contributed by atoms with Crippen molar-refractivity contribution in [3.05, 3.63) is 48.5 Å². The highest BCUT2D eigenvalue weighted by Crippen LogP contribution is 2.26. The number of halogens is 1. The molecule has 1 fully saturated rings. The van der Waals surface area contributed by atoms with E-state index in [0.29, 0.717) is 13.0 Å². The first-order chi connectivity index (χ1) is 13.0. The van der Waals surface area contributed by atoms with Crippen molar-refractivity contribution >= 4 is 40.8 Å². The van der Waals surface area contributed by atoms with Crippen LogP contribution in [0.5, 0.6) is 0 Å². The maximum atomic E-state index is 12.5. The molecule has 1 aromatic heterocycles. The van der Waals surface area contributed by atoms with Crippen molar-refractivity contribution in [2.45, 2.75) is 19.4 Å². The van der Waals surface area contributed by atoms with Crippen LogP contribution < -0.4 is 10.6 Å². The number of ketones is 1. The van der Waals surface area contributed by atoms with E-state index in [0.717, 1.165) is 28.1 Å². The van der Waals surface area contributed by atoms with E-state index in [2.05, 4.69) is 10.6 Å². The summed E-state index contributed by atoms with van der Waals surface area (Å²) >= 11 is 0. The summed E-state index contributed by atoms with van der Waals surface area (Å²) in [6.07, 6.45) is 0.547. The summed E-state index contributed by atoms with van der Waals surface area (Å²) in [5, 5.41) is 6.09. The lowest BCUT2D eigenvalue weighted by Crippen LogP contribution is -2.35. The van der Waals surface area contributed by atoms with Crippen LogP contribution in [0.4, 0.5) is 5.69 Å². The fraction of sp³-hybridized carbons (Fsp3) is 0.286. The number of nitrogens with zero attached hydrogens (tertiary/aromatic N) is 2. The standard InChI is InChI=1S/C21H22N4O2.ClH/c1-13(26)15-11-18(22-12-15)21(27)23-16-7-5-6-14(10-16)20-24-17-8-3-4-9-19(17)25(20)2;/h3-10,15,18,22H,11-12H2,1-2H3,(H,23,27);1H. The number of aryl methyl sites for hydroxylation is 1. The number of anilines is 1. The molecule has 0 bridgehead atoms. The number of carbonyl (C=O) groups is 2. The number of hydrogen-bond acceptors (Lipinski definition) is 4. The number of nitrogens with one attached hydrogen (secondary N) is 2. The molecular formula is C21H23ClN4O2. The third-order valence-electron chi connectivity index (χ3n) is 5.20. The van der Waals surface area contributed by atoms with Crippen molar-refractivity contribution in [2.75, 3.05) is 11.9 Å². The minimum atomic E-state index is -0.335. The Labute approximate surface area is 169 Å². The molecule has 146 valence electrons. The number of amides is 1. The van der Waals surface area contributed by atoms with E-state index in [1.165, 1.54) is 0 Å². The Morgan fingerprint density at radius 3 is 2.68 bits per heavy atom. The molecule has 2 unspecified atom stereocenters. The number of imidazole rings is 1. The molecular weight excluding hydrogens is 376 g/mol. The number of carbonyl (C=O) groups excluding carboxylic acids is 2. The Hall–Kier alpha value is -2.70. The van der Waals surface area contributed by atoms with Gasteiger partial charge >= 0.3 is 0 Å². The van der Waals surface area contributed by atoms with Crippen LogP contribution >= 0.6 is 12.4 Å². The van der Waals surface area contributed by atoms with E-state index in [1.54, 1.807) is 6.92 Å². The number of fused-ring (bicyclic) bond motifs is 1. The molecule has 7 heteroatoms. The SMILES string of the molecule is CC(=O)C1CNC(C(=O)Nc2cccc(-c3nc4ccccc4n3C)c2)C1.Cl. The van der Waals surface area contributed by atoms with E-state index >= 15 is 0 Å². The van der Waals surface area contributed by atoms with Crippen LogP contribution in [0.15, 0.2) is 48.5 Å². The van der Waals surface area contributed by atoms with E-state index in [1.807, 2.05) is 60.1 Å². The molecule has 0 saturated carbocycles. The molecule has 1 amide bonds. The number of Topliss-reactive ketones (excluding diaryl/α,β-unsaturated/α-hetero) is 1. The number of para-hydroxylation sites is 2. The Kier molecular flexibility index (Phi) is 5.82. The molecule has 0 aliphatic carbocycles. The van der Waals surface area contributed by atoms with Gasteiger partial charge in [-0.05, 0) is 37.6 Å². The first-order valence-corrected chi connectivity index (χ1v) is 9.09. The van der Waals surface area contributed by atoms with Gasteiger partial charge in [0.05, 0.1) is 17.1 Å². The molecule has 0 radical (unpaired) electrons. The van der Waals surface area contributed by atoms with Crippen molar-refractivity contribution in [1.82, 2.24) is 14.9 Å². The van der Waals surface area contributed by atoms with Crippen molar-refractivity contribution < 1.29 is 9.59 Å². The second-order valence-electron chi connectivity index (χ2n) is 7.06. The first-order valence-electron chi connectivity index (χ1n) is 9.09. The highest BCUT2D eigenvalue weighted by molar-refractivity contribution is 5.96. The second-order valence-corrected chi connectivity index (χ2v) is 7.06. The lowest BCUT2D eigenvalue weighted by Gasteiger charge is -2.12. The van der Waals surface area contributed by atoms with Crippen LogP contribution in [0.2, 0.25) is 0 Å². The average molecular weight is 399 g/mol. The third kappa shape index (κ3) is 3.79. The van der Waals surface area contributed by atoms with Gasteiger partial charge in [0, 0.05) is 30.8 Å². The Balaban J connectivity index is 0.00000225. The Bertz CT molecular complexity index is 1030. The van der Waals surface area contributed by atoms with Gasteiger partial charge < -0.3 is 15.2 Å². The largest absolute Gasteiger partial charge is 0.327 e. The topological polar surface area (TPSA) is 76.0 Å². The monoisotopic (exact) mass is 398 g/mol. The molecule has 1 aliphatic rings. The summed E-state index contributed by atoms with van der Waals surface area (Å²) in [6.45, 7) is 2.14. The van der Waals surface area contributed by atoms with E-state index in [4.69, 9.17) is 4.98 Å². The molecule has 2 atom stereocenters. The molecule has 2 N–H and O–H groups in total. The van der Waals surface area contributed by atoms with Gasteiger partial charge in [0.15, 0.2) is 0 Å². The highest BCUT2D eigenvalue weighted by Gasteiger charge is 2.31. The summed E-state index contributed by atoms with van der Waals surface area (Å²) in [4.78, 5) is 28.7. The predicted molar refractivity (Wildman–Crippen MR) is 113 cm³/mol. The number of aromatic nitrogens is 2. The minimum absolute atomic E-state index is 0. The fourth-order valence-corrected chi connectivity index (χ4v) is 3.61. The first kappa shape index (κ1) is 20.0. The molecule has 6 nitrogen and oxygen atoms in total. The maximum absolute atomic E-state index is 12.5. The molecule has 2 heterocycles. The summed E-state index contributed by atoms with van der Waals surface area (Å²) < 4.78 is 2.05. The molecule has 28 heavy (non-hydrogen) atoms. The van der Waals surface area contributed by atoms with Crippen molar-refractivity contribution in [1.29, 1.82) is 0 Å². The molecule has 2 aromatic carbocycles. The zero-order valence-electron chi connectivity index (χ0n) is 15.8. The van der Waals surface area contributed by atoms with Gasteiger partial charge in [-0.25, -0.2) is 4.98 Å². The summed E-state index contributed by atoms with van der Waals surface area (Å²) in [7, 11) is 1.99. The van der Waals surface area contributed by atoms with Crippen LogP contribution in [-0.4, -0.2) is 33.8 Å². The van der Waals surface area contributed by atoms with Crippen molar-refractivity contribution in [3.63, 3.8) is 0 Å². The minimum Gasteiger partial charge on any atom is -0.327 e. The van der Waals surface area contributed by atoms with E-state index in [-0.39, 0.29) is 36.1 Å². The average Bonchev–Trinajstić information content (AvgIpc) is 3.28. The summed E-state index contributed by atoms with van der Waals surface area (Å²) in [6, 6.07) is 15.3. The van der Waals surface area contributed by atoms with Gasteiger partial charge in [-0.3, -0.25) is 9.59 Å². The molecule has 0 spiro atoms. The summed E-state index contributed by atoms with van der Waals surface area (Å²) in [5.41, 5.74) is 3.66. The lowest BCUT2D eigenvalue weighted by atomic mass is 10.0. The fourth-order valence-electron chi connectivity index (χ4n) is 3.61. The van der Waals surface area contributed by atoms with Crippen molar-refractivity contribution in [2.24, 2.45) is 13.0 Å². The highest BCUT2D eigenvalue weighted by atomic mass is 35.5. The normalized spacial score (nSPS) is 18.6. The quantitative estimate of drug-likeness (QED) is 0.707. The van der Waals surface area contributed by atoms with E-state index in [9.17, 15) is 9.59 Å². The smallest absolute Gasteiger partial charge is 0.241 e. The van der Waals surface area contributed by atoms with Gasteiger partial charge in [0.25, 0.3) is 0 Å². The molecule has 1 saturated heterocycles. The van der Waals surface area contributed by atoms with E-state index < -0.39 is 0 Å². The third-order valence-corrected chi connectivity index (χ3v) is 5.20. The number of hydrogen-bond donors (Lipinski definition) is 2. The van der Waals surface area contributed by atoms with Gasteiger partial charge in [-0.1, -0.05) is 24.3 Å². The molecule has 1 aliphatic heterocycles. The van der Waals surface area contributed by atoms with Crippen LogP contribution in [0, 0.1) is 5.92 Å². The summed E-state index contributed by atoms with van der Waals surface area (Å²) in [5.74, 6) is 0.789. The lowest BCUT2D eigenvalue weighted by molar-refractivity contribution is -0.120. The maximum Gasteiger partial charge on any atom is 0.241 e. The number of benzene rings is 2. The zero-order chi connectivity index (χ0) is 19.0. The zero-order valence-corrected chi connectivity index (χ0v) is 16.6. The van der Waals surface area contributed by atoms with Gasteiger partial charge in [-0.2, -0.15) is 0 Å². The second kappa shape index (κ2) is 8.12. The van der Waals surface area contributed by atoms with Gasteiger partial charge in [0.2, 0.25) is 5.91 Å².